The van der Waals surface area contributed by atoms with Crippen LogP contribution in [0.15, 0.2) is 12.1 Å². The van der Waals surface area contributed by atoms with Crippen LogP contribution in [0.4, 0.5) is 5.69 Å². The smallest absolute Gasteiger partial charge is 0.335 e. The molecule has 0 aliphatic rings. The van der Waals surface area contributed by atoms with Crippen molar-refractivity contribution in [2.75, 3.05) is 11.9 Å². The standard InChI is InChI=1S/C9H8Cl2N2O3/c10-5-1-4(9(15)16)2-6(11)8(5)13-7(14)3-12/h1-2H,3,12H2,(H,13,14)(H,15,16). The van der Waals surface area contributed by atoms with Gasteiger partial charge < -0.3 is 16.2 Å². The SMILES string of the molecule is NCC(=O)Nc1c(Cl)cc(C(=O)O)cc1Cl. The van der Waals surface area contributed by atoms with E-state index in [1.54, 1.807) is 0 Å². The molecule has 0 saturated heterocycles. The maximum atomic E-state index is 11.0. The number of carboxylic acid groups (broad SMARTS) is 1. The number of hydrogen-bond acceptors (Lipinski definition) is 3. The van der Waals surface area contributed by atoms with Crippen LogP contribution in [0.25, 0.3) is 0 Å². The Hall–Kier alpha value is -1.30. The van der Waals surface area contributed by atoms with Gasteiger partial charge in [-0.1, -0.05) is 23.2 Å². The molecule has 0 atom stereocenters. The first-order valence-corrected chi connectivity index (χ1v) is 4.93. The minimum atomic E-state index is -1.15. The number of benzene rings is 1. The molecule has 1 amide bonds. The minimum absolute atomic E-state index is 0.0479. The molecule has 7 heteroatoms. The molecule has 16 heavy (non-hydrogen) atoms. The molecule has 1 rings (SSSR count). The highest BCUT2D eigenvalue weighted by Gasteiger charge is 2.13. The fraction of sp³-hybridized carbons (Fsp3) is 0.111. The van der Waals surface area contributed by atoms with Crippen LogP contribution < -0.4 is 11.1 Å². The lowest BCUT2D eigenvalue weighted by molar-refractivity contribution is -0.114. The first-order chi connectivity index (χ1) is 7.45. The van der Waals surface area contributed by atoms with Crippen molar-refractivity contribution in [1.29, 1.82) is 0 Å². The quantitative estimate of drug-likeness (QED) is 0.772. The summed E-state index contributed by atoms with van der Waals surface area (Å²) in [6, 6.07) is 2.39. The van der Waals surface area contributed by atoms with Crippen molar-refractivity contribution < 1.29 is 14.7 Å². The van der Waals surface area contributed by atoms with E-state index in [-0.39, 0.29) is 27.8 Å². The van der Waals surface area contributed by atoms with E-state index >= 15 is 0 Å². The summed E-state index contributed by atoms with van der Waals surface area (Å²) in [5.74, 6) is -1.62. The van der Waals surface area contributed by atoms with Gasteiger partial charge in [0.05, 0.1) is 27.8 Å². The van der Waals surface area contributed by atoms with E-state index < -0.39 is 11.9 Å². The molecule has 0 aliphatic carbocycles. The summed E-state index contributed by atoms with van der Waals surface area (Å²) in [6.07, 6.45) is 0. The molecule has 0 saturated carbocycles. The van der Waals surface area contributed by atoms with Crippen LogP contribution in [0.1, 0.15) is 10.4 Å². The van der Waals surface area contributed by atoms with E-state index in [4.69, 9.17) is 34.0 Å². The lowest BCUT2D eigenvalue weighted by Crippen LogP contribution is -2.22. The Kier molecular flexibility index (Phi) is 4.12. The number of nitrogens with two attached hydrogens (primary N) is 1. The highest BCUT2D eigenvalue weighted by atomic mass is 35.5. The van der Waals surface area contributed by atoms with Gasteiger partial charge in [-0.05, 0) is 12.1 Å². The molecule has 5 nitrogen and oxygen atoms in total. The molecule has 0 heterocycles. The zero-order valence-electron chi connectivity index (χ0n) is 7.96. The van der Waals surface area contributed by atoms with Crippen LogP contribution in [0, 0.1) is 0 Å². The normalized spacial score (nSPS) is 9.94. The second-order valence-electron chi connectivity index (χ2n) is 2.87. The molecule has 86 valence electrons. The number of carbonyl (C=O) groups excluding carboxylic acids is 1. The number of amides is 1. The third-order valence-corrected chi connectivity index (χ3v) is 2.34. The summed E-state index contributed by atoms with van der Waals surface area (Å²) in [5.41, 5.74) is 5.21. The van der Waals surface area contributed by atoms with E-state index in [1.807, 2.05) is 0 Å². The van der Waals surface area contributed by atoms with Crippen LogP contribution in [-0.4, -0.2) is 23.5 Å². The molecular formula is C9H8Cl2N2O3. The summed E-state index contributed by atoms with van der Waals surface area (Å²) in [5, 5.41) is 11.2. The molecule has 4 N–H and O–H groups in total. The van der Waals surface area contributed by atoms with Crippen LogP contribution in [-0.2, 0) is 4.79 Å². The van der Waals surface area contributed by atoms with Crippen molar-refractivity contribution in [2.45, 2.75) is 0 Å². The molecule has 1 aromatic carbocycles. The third kappa shape index (κ3) is 2.85. The zero-order valence-corrected chi connectivity index (χ0v) is 9.47. The highest BCUT2D eigenvalue weighted by molar-refractivity contribution is 6.40. The molecule has 0 fully saturated rings. The van der Waals surface area contributed by atoms with Crippen molar-refractivity contribution in [1.82, 2.24) is 0 Å². The number of carboxylic acids is 1. The second kappa shape index (κ2) is 5.16. The Morgan fingerprint density at radius 1 is 1.31 bits per heavy atom. The maximum absolute atomic E-state index is 11.0. The van der Waals surface area contributed by atoms with Crippen molar-refractivity contribution in [3.05, 3.63) is 27.7 Å². The zero-order chi connectivity index (χ0) is 12.3. The van der Waals surface area contributed by atoms with Crippen LogP contribution in [0.3, 0.4) is 0 Å². The number of anilines is 1. The van der Waals surface area contributed by atoms with E-state index in [1.165, 1.54) is 12.1 Å². The van der Waals surface area contributed by atoms with Gasteiger partial charge in [-0.2, -0.15) is 0 Å². The summed E-state index contributed by atoms with van der Waals surface area (Å²) in [6.45, 7) is -0.215. The van der Waals surface area contributed by atoms with Crippen LogP contribution in [0.5, 0.6) is 0 Å². The number of hydrogen-bond donors (Lipinski definition) is 3. The topological polar surface area (TPSA) is 92.4 Å². The first kappa shape index (κ1) is 12.8. The number of carbonyl (C=O) groups is 2. The third-order valence-electron chi connectivity index (χ3n) is 1.74. The van der Waals surface area contributed by atoms with Gasteiger partial charge in [0.25, 0.3) is 0 Å². The molecule has 0 radical (unpaired) electrons. The Bertz CT molecular complexity index is 425. The minimum Gasteiger partial charge on any atom is -0.478 e. The van der Waals surface area contributed by atoms with E-state index in [9.17, 15) is 9.59 Å². The number of nitrogens with one attached hydrogen (secondary N) is 1. The van der Waals surface area contributed by atoms with Gasteiger partial charge in [-0.3, -0.25) is 4.79 Å². The van der Waals surface area contributed by atoms with E-state index in [0.29, 0.717) is 0 Å². The molecule has 1 aromatic rings. The molecule has 0 unspecified atom stereocenters. The fourth-order valence-corrected chi connectivity index (χ4v) is 1.59. The maximum Gasteiger partial charge on any atom is 0.335 e. The van der Waals surface area contributed by atoms with Gasteiger partial charge in [0.2, 0.25) is 5.91 Å². The predicted molar refractivity (Wildman–Crippen MR) is 61.1 cm³/mol. The van der Waals surface area contributed by atoms with Gasteiger partial charge in [0, 0.05) is 0 Å². The number of halogens is 2. The van der Waals surface area contributed by atoms with Gasteiger partial charge >= 0.3 is 5.97 Å². The van der Waals surface area contributed by atoms with Gasteiger partial charge in [-0.25, -0.2) is 4.79 Å². The van der Waals surface area contributed by atoms with E-state index in [2.05, 4.69) is 5.32 Å². The van der Waals surface area contributed by atoms with Gasteiger partial charge in [0.15, 0.2) is 0 Å². The Balaban J connectivity index is 3.12. The van der Waals surface area contributed by atoms with Crippen molar-refractivity contribution in [2.24, 2.45) is 5.73 Å². The summed E-state index contributed by atoms with van der Waals surface area (Å²) >= 11 is 11.6. The molecule has 0 bridgehead atoms. The number of aromatic carboxylic acids is 1. The molecular weight excluding hydrogens is 255 g/mol. The van der Waals surface area contributed by atoms with Crippen molar-refractivity contribution in [3.63, 3.8) is 0 Å². The largest absolute Gasteiger partial charge is 0.478 e. The van der Waals surface area contributed by atoms with E-state index in [0.717, 1.165) is 0 Å². The second-order valence-corrected chi connectivity index (χ2v) is 3.69. The van der Waals surface area contributed by atoms with Crippen LogP contribution >= 0.6 is 23.2 Å². The van der Waals surface area contributed by atoms with Crippen LogP contribution in [0.2, 0.25) is 10.0 Å². The summed E-state index contributed by atoms with van der Waals surface area (Å²) in [7, 11) is 0. The molecule has 0 spiro atoms. The number of rotatable bonds is 3. The molecule has 0 aliphatic heterocycles. The summed E-state index contributed by atoms with van der Waals surface area (Å²) < 4.78 is 0. The average Bonchev–Trinajstić information content (AvgIpc) is 2.22. The highest BCUT2D eigenvalue weighted by Crippen LogP contribution is 2.31. The lowest BCUT2D eigenvalue weighted by atomic mass is 10.2. The van der Waals surface area contributed by atoms with Crippen molar-refractivity contribution >= 4 is 40.8 Å². The molecule has 0 aromatic heterocycles. The lowest BCUT2D eigenvalue weighted by Gasteiger charge is -2.09. The monoisotopic (exact) mass is 262 g/mol. The van der Waals surface area contributed by atoms with Crippen molar-refractivity contribution in [3.8, 4) is 0 Å². The summed E-state index contributed by atoms with van der Waals surface area (Å²) in [4.78, 5) is 21.7. The van der Waals surface area contributed by atoms with Gasteiger partial charge in [0.1, 0.15) is 0 Å². The Morgan fingerprint density at radius 3 is 2.19 bits per heavy atom. The average molecular weight is 263 g/mol. The first-order valence-electron chi connectivity index (χ1n) is 4.18. The van der Waals surface area contributed by atoms with Gasteiger partial charge in [-0.15, -0.1) is 0 Å². The fourth-order valence-electron chi connectivity index (χ4n) is 1.01. The predicted octanol–water partition coefficient (Wildman–Crippen LogP) is 1.59. The Morgan fingerprint density at radius 2 is 1.81 bits per heavy atom. The Labute approximate surface area is 101 Å².